The Kier molecular flexibility index (Phi) is 7.50. The van der Waals surface area contributed by atoms with Crippen LogP contribution >= 0.6 is 12.2 Å². The van der Waals surface area contributed by atoms with Crippen molar-refractivity contribution in [1.82, 2.24) is 5.32 Å². The van der Waals surface area contributed by atoms with E-state index >= 15 is 0 Å². The Hall–Kier alpha value is -1.62. The highest BCUT2D eigenvalue weighted by atomic mass is 32.1. The van der Waals surface area contributed by atoms with Crippen molar-refractivity contribution in [3.05, 3.63) is 24.3 Å². The van der Waals surface area contributed by atoms with Gasteiger partial charge in [-0.05, 0) is 50.5 Å². The van der Waals surface area contributed by atoms with E-state index in [1.54, 1.807) is 0 Å². The maximum absolute atomic E-state index is 12.1. The maximum Gasteiger partial charge on any atom is 0.226 e. The number of para-hydroxylation sites is 2. The topological polar surface area (TPSA) is 50.4 Å². The zero-order valence-corrected chi connectivity index (χ0v) is 15.5. The molecule has 1 saturated carbocycles. The Morgan fingerprint density at radius 1 is 1.25 bits per heavy atom. The van der Waals surface area contributed by atoms with Crippen molar-refractivity contribution in [3.63, 3.8) is 0 Å². The first-order chi connectivity index (χ1) is 11.5. The maximum atomic E-state index is 12.1. The summed E-state index contributed by atoms with van der Waals surface area (Å²) in [5, 5.41) is 6.16. The van der Waals surface area contributed by atoms with Crippen LogP contribution in [0, 0.1) is 5.92 Å². The molecular formula is C19H28N2O2S. The average Bonchev–Trinajstić information content (AvgIpc) is 2.55. The lowest BCUT2D eigenvalue weighted by molar-refractivity contribution is -0.120. The Morgan fingerprint density at radius 3 is 2.67 bits per heavy atom. The minimum atomic E-state index is -0.0136. The van der Waals surface area contributed by atoms with Gasteiger partial charge in [0.1, 0.15) is 5.75 Å². The third-order valence-corrected chi connectivity index (χ3v) is 4.46. The fourth-order valence-electron chi connectivity index (χ4n) is 3.08. The Balaban J connectivity index is 1.79. The van der Waals surface area contributed by atoms with Gasteiger partial charge in [-0.1, -0.05) is 44.2 Å². The minimum absolute atomic E-state index is 0.0136. The van der Waals surface area contributed by atoms with Gasteiger partial charge in [-0.3, -0.25) is 4.79 Å². The summed E-state index contributed by atoms with van der Waals surface area (Å²) < 4.78 is 5.74. The van der Waals surface area contributed by atoms with E-state index in [1.807, 2.05) is 38.1 Å². The van der Waals surface area contributed by atoms with E-state index in [2.05, 4.69) is 10.6 Å². The number of hydrogen-bond donors (Lipinski definition) is 2. The molecular weight excluding hydrogens is 320 g/mol. The smallest absolute Gasteiger partial charge is 0.226 e. The number of thiocarbonyl (C=S) groups is 1. The van der Waals surface area contributed by atoms with E-state index in [0.717, 1.165) is 17.9 Å². The summed E-state index contributed by atoms with van der Waals surface area (Å²) in [4.78, 5) is 12.1. The quantitative estimate of drug-likeness (QED) is 0.735. The normalized spacial score (nSPS) is 15.1. The van der Waals surface area contributed by atoms with Gasteiger partial charge in [-0.25, -0.2) is 0 Å². The van der Waals surface area contributed by atoms with Crippen molar-refractivity contribution >= 4 is 28.9 Å². The highest BCUT2D eigenvalue weighted by Gasteiger charge is 2.15. The molecule has 132 valence electrons. The van der Waals surface area contributed by atoms with Gasteiger partial charge in [0.25, 0.3) is 0 Å². The third kappa shape index (κ3) is 6.48. The molecule has 2 N–H and O–H groups in total. The van der Waals surface area contributed by atoms with Gasteiger partial charge in [0.2, 0.25) is 5.91 Å². The molecule has 1 aromatic rings. The van der Waals surface area contributed by atoms with Crippen LogP contribution < -0.4 is 15.4 Å². The number of nitrogens with one attached hydrogen (secondary N) is 2. The molecule has 0 atom stereocenters. The molecule has 4 nitrogen and oxygen atoms in total. The first-order valence-corrected chi connectivity index (χ1v) is 9.32. The number of rotatable bonds is 6. The first kappa shape index (κ1) is 18.7. The zero-order chi connectivity index (χ0) is 17.4. The monoisotopic (exact) mass is 348 g/mol. The average molecular weight is 349 g/mol. The molecule has 0 radical (unpaired) electrons. The van der Waals surface area contributed by atoms with Gasteiger partial charge in [0.15, 0.2) is 5.11 Å². The second kappa shape index (κ2) is 9.62. The molecule has 0 aromatic heterocycles. The molecule has 24 heavy (non-hydrogen) atoms. The molecule has 0 unspecified atom stereocenters. The number of ether oxygens (including phenoxy) is 1. The number of amides is 1. The van der Waals surface area contributed by atoms with Crippen LogP contribution in [-0.2, 0) is 4.79 Å². The van der Waals surface area contributed by atoms with Crippen LogP contribution in [0.1, 0.15) is 58.8 Å². The third-order valence-electron chi connectivity index (χ3n) is 4.26. The van der Waals surface area contributed by atoms with Crippen molar-refractivity contribution in [1.29, 1.82) is 0 Å². The summed E-state index contributed by atoms with van der Waals surface area (Å²) in [6.07, 6.45) is 8.04. The van der Waals surface area contributed by atoms with Gasteiger partial charge in [-0.15, -0.1) is 0 Å². The molecule has 1 aliphatic rings. The molecule has 0 saturated heterocycles. The summed E-state index contributed by atoms with van der Waals surface area (Å²) in [6.45, 7) is 3.95. The fraction of sp³-hybridized carbons (Fsp3) is 0.579. The number of anilines is 1. The molecule has 1 fully saturated rings. The molecule has 1 amide bonds. The summed E-state index contributed by atoms with van der Waals surface area (Å²) in [5.41, 5.74) is 0.767. The van der Waals surface area contributed by atoms with Crippen LogP contribution in [0.25, 0.3) is 0 Å². The highest BCUT2D eigenvalue weighted by Crippen LogP contribution is 2.27. The van der Waals surface area contributed by atoms with E-state index in [4.69, 9.17) is 17.0 Å². The van der Waals surface area contributed by atoms with E-state index < -0.39 is 0 Å². The van der Waals surface area contributed by atoms with Crippen LogP contribution in [0.15, 0.2) is 24.3 Å². The first-order valence-electron chi connectivity index (χ1n) is 8.91. The number of hydrogen-bond acceptors (Lipinski definition) is 3. The number of carbonyl (C=O) groups is 1. The van der Waals surface area contributed by atoms with Crippen LogP contribution in [0.5, 0.6) is 5.75 Å². The van der Waals surface area contributed by atoms with Crippen LogP contribution in [0.2, 0.25) is 0 Å². The molecule has 0 bridgehead atoms. The summed E-state index contributed by atoms with van der Waals surface area (Å²) in [7, 11) is 0. The van der Waals surface area contributed by atoms with Crippen LogP contribution in [0.4, 0.5) is 5.69 Å². The Morgan fingerprint density at radius 2 is 1.96 bits per heavy atom. The summed E-state index contributed by atoms with van der Waals surface area (Å²) in [5.74, 6) is 1.41. The van der Waals surface area contributed by atoms with E-state index in [-0.39, 0.29) is 12.0 Å². The molecule has 1 aromatic carbocycles. The van der Waals surface area contributed by atoms with Gasteiger partial charge in [-0.2, -0.15) is 0 Å². The van der Waals surface area contributed by atoms with E-state index in [9.17, 15) is 4.79 Å². The molecule has 1 aliphatic carbocycles. The standard InChI is InChI=1S/C19H28N2O2S/c1-14(2)23-17-11-7-6-10-16(17)20-19(24)21-18(22)13-12-15-8-4-3-5-9-15/h6-7,10-11,14-15H,3-5,8-9,12-13H2,1-2H3,(H2,20,21,22,24). The summed E-state index contributed by atoms with van der Waals surface area (Å²) in [6, 6.07) is 7.59. The SMILES string of the molecule is CC(C)Oc1ccccc1NC(=S)NC(=O)CCC1CCCCC1. The fourth-order valence-corrected chi connectivity index (χ4v) is 3.30. The van der Waals surface area contributed by atoms with Crippen molar-refractivity contribution < 1.29 is 9.53 Å². The molecule has 5 heteroatoms. The Bertz CT molecular complexity index is 554. The number of benzene rings is 1. The molecule has 2 rings (SSSR count). The van der Waals surface area contributed by atoms with E-state index in [1.165, 1.54) is 32.1 Å². The highest BCUT2D eigenvalue weighted by molar-refractivity contribution is 7.80. The predicted molar refractivity (Wildman–Crippen MR) is 102 cm³/mol. The van der Waals surface area contributed by atoms with Crippen LogP contribution in [0.3, 0.4) is 0 Å². The second-order valence-corrected chi connectivity index (χ2v) is 7.12. The van der Waals surface area contributed by atoms with Crippen molar-refractivity contribution in [3.8, 4) is 5.75 Å². The number of carbonyl (C=O) groups excluding carboxylic acids is 1. The molecule has 0 aliphatic heterocycles. The summed E-state index contributed by atoms with van der Waals surface area (Å²) >= 11 is 5.26. The molecule has 0 spiro atoms. The van der Waals surface area contributed by atoms with Crippen LogP contribution in [-0.4, -0.2) is 17.1 Å². The lowest BCUT2D eigenvalue weighted by Crippen LogP contribution is -2.34. The van der Waals surface area contributed by atoms with Gasteiger partial charge in [0.05, 0.1) is 11.8 Å². The minimum Gasteiger partial charge on any atom is -0.489 e. The lowest BCUT2D eigenvalue weighted by atomic mass is 9.86. The van der Waals surface area contributed by atoms with Crippen molar-refractivity contribution in [2.75, 3.05) is 5.32 Å². The Labute approximate surface area is 150 Å². The van der Waals surface area contributed by atoms with Crippen molar-refractivity contribution in [2.24, 2.45) is 5.92 Å². The zero-order valence-electron chi connectivity index (χ0n) is 14.6. The largest absolute Gasteiger partial charge is 0.489 e. The van der Waals surface area contributed by atoms with E-state index in [0.29, 0.717) is 17.5 Å². The van der Waals surface area contributed by atoms with Gasteiger partial charge >= 0.3 is 0 Å². The lowest BCUT2D eigenvalue weighted by Gasteiger charge is -2.21. The molecule has 0 heterocycles. The predicted octanol–water partition coefficient (Wildman–Crippen LogP) is 4.65. The van der Waals surface area contributed by atoms with Gasteiger partial charge in [0, 0.05) is 6.42 Å². The second-order valence-electron chi connectivity index (χ2n) is 6.71. The van der Waals surface area contributed by atoms with Crippen molar-refractivity contribution in [2.45, 2.75) is 64.9 Å². The van der Waals surface area contributed by atoms with Gasteiger partial charge < -0.3 is 15.4 Å².